The van der Waals surface area contributed by atoms with Crippen LogP contribution in [0.15, 0.2) is 24.3 Å². The van der Waals surface area contributed by atoms with Gasteiger partial charge in [0, 0.05) is 38.3 Å². The maximum atomic E-state index is 12.6. The maximum Gasteiger partial charge on any atom is 0.254 e. The van der Waals surface area contributed by atoms with E-state index in [1.54, 1.807) is 35.1 Å². The number of hydrogen-bond donors (Lipinski definition) is 0. The van der Waals surface area contributed by atoms with E-state index in [0.717, 1.165) is 19.4 Å². The lowest BCUT2D eigenvalue weighted by Gasteiger charge is -2.34. The van der Waals surface area contributed by atoms with Crippen LogP contribution in [0.5, 0.6) is 5.75 Å². The van der Waals surface area contributed by atoms with Crippen LogP contribution in [0.3, 0.4) is 0 Å². The number of rotatable bonds is 6. The van der Waals surface area contributed by atoms with Crippen molar-refractivity contribution in [2.75, 3.05) is 53.1 Å². The molecule has 1 atom stereocenters. The molecule has 0 aliphatic carbocycles. The summed E-state index contributed by atoms with van der Waals surface area (Å²) in [5.41, 5.74) is 0.601. The number of hydrogen-bond acceptors (Lipinski definition) is 5. The van der Waals surface area contributed by atoms with Gasteiger partial charge >= 0.3 is 0 Å². The van der Waals surface area contributed by atoms with E-state index in [4.69, 9.17) is 14.2 Å². The summed E-state index contributed by atoms with van der Waals surface area (Å²) >= 11 is 0. The van der Waals surface area contributed by atoms with Crippen molar-refractivity contribution in [2.24, 2.45) is 0 Å². The zero-order chi connectivity index (χ0) is 18.4. The van der Waals surface area contributed by atoms with Gasteiger partial charge in [0.05, 0.1) is 19.8 Å². The fourth-order valence-electron chi connectivity index (χ4n) is 3.24. The maximum absolute atomic E-state index is 12.6. The van der Waals surface area contributed by atoms with Crippen molar-refractivity contribution in [3.63, 3.8) is 0 Å². The van der Waals surface area contributed by atoms with E-state index < -0.39 is 0 Å². The largest absolute Gasteiger partial charge is 0.497 e. The Kier molecular flexibility index (Phi) is 6.46. The minimum absolute atomic E-state index is 0.0310. The first kappa shape index (κ1) is 18.7. The third kappa shape index (κ3) is 4.74. The molecule has 1 aromatic rings. The smallest absolute Gasteiger partial charge is 0.254 e. The van der Waals surface area contributed by atoms with Crippen molar-refractivity contribution < 1.29 is 23.8 Å². The van der Waals surface area contributed by atoms with Gasteiger partial charge in [-0.3, -0.25) is 9.59 Å². The van der Waals surface area contributed by atoms with Gasteiger partial charge in [0.1, 0.15) is 12.4 Å². The predicted molar refractivity (Wildman–Crippen MR) is 95.3 cm³/mol. The molecular formula is C19H26N2O5. The molecule has 0 radical (unpaired) electrons. The molecule has 2 aliphatic rings. The van der Waals surface area contributed by atoms with Crippen LogP contribution in [0.4, 0.5) is 0 Å². The summed E-state index contributed by atoms with van der Waals surface area (Å²) in [6.45, 7) is 3.42. The first-order chi connectivity index (χ1) is 12.7. The summed E-state index contributed by atoms with van der Waals surface area (Å²) < 4.78 is 16.1. The van der Waals surface area contributed by atoms with Crippen LogP contribution < -0.4 is 4.74 Å². The summed E-state index contributed by atoms with van der Waals surface area (Å²) in [5.74, 6) is 0.593. The molecule has 3 rings (SSSR count). The van der Waals surface area contributed by atoms with Crippen molar-refractivity contribution in [1.82, 2.24) is 9.80 Å². The normalized spacial score (nSPS) is 20.3. The Hall–Kier alpha value is -2.12. The van der Waals surface area contributed by atoms with Crippen LogP contribution in [0.1, 0.15) is 23.2 Å². The standard InChI is InChI=1S/C19H26N2O5/c1-24-16-5-2-4-15(12-16)19(23)21-9-7-20(8-10-21)18(22)14-25-13-17-6-3-11-26-17/h2,4-5,12,17H,3,6-11,13-14H2,1H3/t17-/m0/s1. The quantitative estimate of drug-likeness (QED) is 0.760. The number of nitrogens with zero attached hydrogens (tertiary/aromatic N) is 2. The molecule has 26 heavy (non-hydrogen) atoms. The van der Waals surface area contributed by atoms with Crippen molar-refractivity contribution in [3.8, 4) is 5.75 Å². The molecular weight excluding hydrogens is 336 g/mol. The zero-order valence-corrected chi connectivity index (χ0v) is 15.2. The highest BCUT2D eigenvalue weighted by molar-refractivity contribution is 5.94. The van der Waals surface area contributed by atoms with Gasteiger partial charge in [-0.1, -0.05) is 6.07 Å². The molecule has 0 aromatic heterocycles. The highest BCUT2D eigenvalue weighted by Crippen LogP contribution is 2.16. The molecule has 142 valence electrons. The van der Waals surface area contributed by atoms with Gasteiger partial charge in [0.2, 0.25) is 5.91 Å². The summed E-state index contributed by atoms with van der Waals surface area (Å²) in [7, 11) is 1.58. The summed E-state index contributed by atoms with van der Waals surface area (Å²) in [6, 6.07) is 7.13. The molecule has 2 saturated heterocycles. The van der Waals surface area contributed by atoms with Gasteiger partial charge < -0.3 is 24.0 Å². The van der Waals surface area contributed by atoms with E-state index in [1.807, 2.05) is 6.07 Å². The molecule has 2 amide bonds. The second-order valence-electron chi connectivity index (χ2n) is 6.56. The lowest BCUT2D eigenvalue weighted by molar-refractivity contribution is -0.138. The molecule has 0 unspecified atom stereocenters. The second-order valence-corrected chi connectivity index (χ2v) is 6.56. The monoisotopic (exact) mass is 362 g/mol. The fourth-order valence-corrected chi connectivity index (χ4v) is 3.24. The number of carbonyl (C=O) groups is 2. The van der Waals surface area contributed by atoms with Crippen LogP contribution in [0.2, 0.25) is 0 Å². The fraction of sp³-hybridized carbons (Fsp3) is 0.579. The van der Waals surface area contributed by atoms with Gasteiger partial charge in [0.25, 0.3) is 5.91 Å². The lowest BCUT2D eigenvalue weighted by Crippen LogP contribution is -2.51. The van der Waals surface area contributed by atoms with Gasteiger partial charge in [0.15, 0.2) is 0 Å². The number of methoxy groups -OCH3 is 1. The van der Waals surface area contributed by atoms with Crippen LogP contribution in [-0.4, -0.2) is 80.8 Å². The molecule has 0 bridgehead atoms. The zero-order valence-electron chi connectivity index (χ0n) is 15.2. The van der Waals surface area contributed by atoms with E-state index in [2.05, 4.69) is 0 Å². The topological polar surface area (TPSA) is 68.3 Å². The molecule has 2 heterocycles. The number of piperazine rings is 1. The molecule has 2 aliphatic heterocycles. The van der Waals surface area contributed by atoms with Crippen LogP contribution in [0, 0.1) is 0 Å². The Labute approximate surface area is 153 Å². The van der Waals surface area contributed by atoms with Gasteiger partial charge in [-0.15, -0.1) is 0 Å². The summed E-state index contributed by atoms with van der Waals surface area (Å²) in [6.07, 6.45) is 2.19. The van der Waals surface area contributed by atoms with E-state index in [1.165, 1.54) is 0 Å². The summed E-state index contributed by atoms with van der Waals surface area (Å²) in [5, 5.41) is 0. The predicted octanol–water partition coefficient (Wildman–Crippen LogP) is 1.18. The minimum atomic E-state index is -0.0365. The Morgan fingerprint density at radius 1 is 1.19 bits per heavy atom. The van der Waals surface area contributed by atoms with Crippen molar-refractivity contribution in [2.45, 2.75) is 18.9 Å². The number of carbonyl (C=O) groups excluding carboxylic acids is 2. The van der Waals surface area contributed by atoms with Crippen LogP contribution in [0.25, 0.3) is 0 Å². The van der Waals surface area contributed by atoms with E-state index >= 15 is 0 Å². The van der Waals surface area contributed by atoms with Crippen molar-refractivity contribution in [3.05, 3.63) is 29.8 Å². The lowest BCUT2D eigenvalue weighted by atomic mass is 10.1. The Morgan fingerprint density at radius 3 is 2.65 bits per heavy atom. The molecule has 0 spiro atoms. The molecule has 1 aromatic carbocycles. The number of amides is 2. The third-order valence-corrected chi connectivity index (χ3v) is 4.79. The van der Waals surface area contributed by atoms with E-state index in [-0.39, 0.29) is 24.5 Å². The number of benzene rings is 1. The molecule has 7 nitrogen and oxygen atoms in total. The number of ether oxygens (including phenoxy) is 3. The van der Waals surface area contributed by atoms with Gasteiger partial charge in [-0.2, -0.15) is 0 Å². The van der Waals surface area contributed by atoms with Crippen LogP contribution >= 0.6 is 0 Å². The Bertz CT molecular complexity index is 622. The van der Waals surface area contributed by atoms with E-state index in [0.29, 0.717) is 44.1 Å². The first-order valence-electron chi connectivity index (χ1n) is 9.08. The Morgan fingerprint density at radius 2 is 1.96 bits per heavy atom. The summed E-state index contributed by atoms with van der Waals surface area (Å²) in [4.78, 5) is 28.4. The molecule has 0 N–H and O–H groups in total. The SMILES string of the molecule is COc1cccc(C(=O)N2CCN(C(=O)COC[C@@H]3CCCO3)CC2)c1. The van der Waals surface area contributed by atoms with E-state index in [9.17, 15) is 9.59 Å². The van der Waals surface area contributed by atoms with Crippen molar-refractivity contribution in [1.29, 1.82) is 0 Å². The van der Waals surface area contributed by atoms with Gasteiger partial charge in [-0.05, 0) is 31.0 Å². The third-order valence-electron chi connectivity index (χ3n) is 4.79. The van der Waals surface area contributed by atoms with Gasteiger partial charge in [-0.25, -0.2) is 0 Å². The minimum Gasteiger partial charge on any atom is -0.497 e. The highest BCUT2D eigenvalue weighted by Gasteiger charge is 2.25. The molecule has 2 fully saturated rings. The average Bonchev–Trinajstić information content (AvgIpc) is 3.21. The van der Waals surface area contributed by atoms with Crippen LogP contribution in [-0.2, 0) is 14.3 Å². The van der Waals surface area contributed by atoms with Crippen molar-refractivity contribution >= 4 is 11.8 Å². The average molecular weight is 362 g/mol. The second kappa shape index (κ2) is 9.00. The molecule has 0 saturated carbocycles. The first-order valence-corrected chi connectivity index (χ1v) is 9.08. The Balaban J connectivity index is 1.42. The highest BCUT2D eigenvalue weighted by atomic mass is 16.5. The molecule has 7 heteroatoms.